The fraction of sp³-hybridized carbons (Fsp3) is 0. The van der Waals surface area contributed by atoms with Crippen molar-refractivity contribution in [3.8, 4) is 11.1 Å². The van der Waals surface area contributed by atoms with Gasteiger partial charge in [-0.3, -0.25) is 4.79 Å². The third kappa shape index (κ3) is 2.08. The molecule has 0 saturated carbocycles. The van der Waals surface area contributed by atoms with Gasteiger partial charge in [-0.15, -0.1) is 0 Å². The predicted molar refractivity (Wildman–Crippen MR) is 92.4 cm³/mol. The second kappa shape index (κ2) is 5.35. The summed E-state index contributed by atoms with van der Waals surface area (Å²) in [6.07, 6.45) is 1.33. The van der Waals surface area contributed by atoms with Crippen molar-refractivity contribution in [2.45, 2.75) is 0 Å². The third-order valence-electron chi connectivity index (χ3n) is 4.11. The van der Waals surface area contributed by atoms with E-state index in [0.29, 0.717) is 16.5 Å². The van der Waals surface area contributed by atoms with Gasteiger partial charge in [-0.2, -0.15) is 0 Å². The quantitative estimate of drug-likeness (QED) is 0.559. The minimum atomic E-state index is -1.08. The van der Waals surface area contributed by atoms with Gasteiger partial charge in [-0.25, -0.2) is 4.79 Å². The molecule has 4 nitrogen and oxygen atoms in total. The Hall–Kier alpha value is -3.40. The number of benzene rings is 3. The van der Waals surface area contributed by atoms with Gasteiger partial charge in [0.2, 0.25) is 5.43 Å². The molecule has 0 aliphatic rings. The molecule has 0 aliphatic carbocycles. The van der Waals surface area contributed by atoms with E-state index >= 15 is 0 Å². The molecule has 1 heterocycles. The molecule has 0 spiro atoms. The van der Waals surface area contributed by atoms with Crippen molar-refractivity contribution < 1.29 is 14.3 Å². The number of hydrogen-bond acceptors (Lipinski definition) is 3. The maximum atomic E-state index is 13.1. The van der Waals surface area contributed by atoms with Gasteiger partial charge in [0.1, 0.15) is 11.8 Å². The lowest BCUT2D eigenvalue weighted by Crippen LogP contribution is -2.08. The van der Waals surface area contributed by atoms with E-state index in [4.69, 9.17) is 4.42 Å². The van der Waals surface area contributed by atoms with E-state index < -0.39 is 5.97 Å². The van der Waals surface area contributed by atoms with Crippen LogP contribution in [0, 0.1) is 0 Å². The van der Waals surface area contributed by atoms with E-state index in [9.17, 15) is 14.7 Å². The van der Waals surface area contributed by atoms with E-state index in [1.54, 1.807) is 24.3 Å². The van der Waals surface area contributed by atoms with Crippen LogP contribution < -0.4 is 5.43 Å². The molecule has 0 fully saturated rings. The molecule has 1 N–H and O–H groups in total. The van der Waals surface area contributed by atoms with Gasteiger partial charge in [-0.1, -0.05) is 48.5 Å². The van der Waals surface area contributed by atoms with Gasteiger partial charge < -0.3 is 9.52 Å². The van der Waals surface area contributed by atoms with Crippen LogP contribution in [-0.4, -0.2) is 11.1 Å². The lowest BCUT2D eigenvalue weighted by atomic mass is 9.98. The number of carbonyl (C=O) groups is 1. The van der Waals surface area contributed by atoms with E-state index in [0.717, 1.165) is 10.8 Å². The zero-order valence-corrected chi connectivity index (χ0v) is 12.5. The van der Waals surface area contributed by atoms with Crippen LogP contribution in [0.25, 0.3) is 32.9 Å². The number of carboxylic acids is 1. The number of rotatable bonds is 2. The molecule has 116 valence electrons. The van der Waals surface area contributed by atoms with Crippen LogP contribution in [0.4, 0.5) is 0 Å². The van der Waals surface area contributed by atoms with Gasteiger partial charge >= 0.3 is 5.97 Å². The van der Waals surface area contributed by atoms with E-state index in [1.165, 1.54) is 12.3 Å². The summed E-state index contributed by atoms with van der Waals surface area (Å²) in [6.45, 7) is 0. The lowest BCUT2D eigenvalue weighted by molar-refractivity contribution is 0.0697. The maximum absolute atomic E-state index is 13.1. The Labute approximate surface area is 136 Å². The van der Waals surface area contributed by atoms with Crippen molar-refractivity contribution in [2.24, 2.45) is 0 Å². The summed E-state index contributed by atoms with van der Waals surface area (Å²) in [5.74, 6) is -1.08. The van der Waals surface area contributed by atoms with Gasteiger partial charge in [0.15, 0.2) is 0 Å². The summed E-state index contributed by atoms with van der Waals surface area (Å²) in [6, 6.07) is 17.6. The molecule has 0 radical (unpaired) electrons. The first-order valence-electron chi connectivity index (χ1n) is 7.43. The van der Waals surface area contributed by atoms with Crippen molar-refractivity contribution in [1.29, 1.82) is 0 Å². The fourth-order valence-electron chi connectivity index (χ4n) is 2.98. The molecule has 4 aromatic rings. The van der Waals surface area contributed by atoms with Crippen molar-refractivity contribution in [1.82, 2.24) is 0 Å². The van der Waals surface area contributed by atoms with Gasteiger partial charge in [0, 0.05) is 5.56 Å². The molecule has 24 heavy (non-hydrogen) atoms. The first-order valence-corrected chi connectivity index (χ1v) is 7.43. The zero-order chi connectivity index (χ0) is 16.7. The topological polar surface area (TPSA) is 67.5 Å². The maximum Gasteiger partial charge on any atom is 0.336 e. The van der Waals surface area contributed by atoms with Gasteiger partial charge in [0.05, 0.1) is 16.5 Å². The van der Waals surface area contributed by atoms with Crippen LogP contribution in [0.1, 0.15) is 10.4 Å². The first kappa shape index (κ1) is 14.2. The molecule has 4 rings (SSSR count). The van der Waals surface area contributed by atoms with Crippen molar-refractivity contribution in [2.75, 3.05) is 0 Å². The third-order valence-corrected chi connectivity index (χ3v) is 4.11. The number of fused-ring (bicyclic) bond motifs is 3. The molecular formula is C20H12O4. The number of hydrogen-bond donors (Lipinski definition) is 1. The second-order valence-corrected chi connectivity index (χ2v) is 5.49. The minimum absolute atomic E-state index is 0.0735. The van der Waals surface area contributed by atoms with Crippen molar-refractivity contribution >= 4 is 27.7 Å². The smallest absolute Gasteiger partial charge is 0.336 e. The molecule has 0 bridgehead atoms. The van der Waals surface area contributed by atoms with E-state index in [-0.39, 0.29) is 16.6 Å². The highest BCUT2D eigenvalue weighted by atomic mass is 16.4. The molecule has 0 aliphatic heterocycles. The van der Waals surface area contributed by atoms with Gasteiger partial charge in [-0.05, 0) is 22.9 Å². The highest BCUT2D eigenvalue weighted by molar-refractivity contribution is 6.07. The Morgan fingerprint density at radius 1 is 0.875 bits per heavy atom. The Morgan fingerprint density at radius 2 is 1.62 bits per heavy atom. The van der Waals surface area contributed by atoms with Crippen molar-refractivity contribution in [3.63, 3.8) is 0 Å². The molecule has 0 amide bonds. The van der Waals surface area contributed by atoms with Crippen LogP contribution >= 0.6 is 0 Å². The summed E-state index contributed by atoms with van der Waals surface area (Å²) in [4.78, 5) is 24.5. The highest BCUT2D eigenvalue weighted by Crippen LogP contribution is 2.27. The standard InChI is InChI=1S/C20H12O4/c21-19-16(14-7-3-4-8-15(14)20(22)23)11-24-17-10-9-12-5-1-2-6-13(12)18(17)19/h1-11H,(H,22,23). The molecule has 0 unspecified atom stereocenters. The largest absolute Gasteiger partial charge is 0.478 e. The Kier molecular flexibility index (Phi) is 3.17. The highest BCUT2D eigenvalue weighted by Gasteiger charge is 2.17. The van der Waals surface area contributed by atoms with Crippen LogP contribution in [0.15, 0.2) is 76.1 Å². The summed E-state index contributed by atoms with van der Waals surface area (Å²) < 4.78 is 5.63. The monoisotopic (exact) mass is 316 g/mol. The predicted octanol–water partition coefficient (Wildman–Crippen LogP) is 4.31. The zero-order valence-electron chi connectivity index (χ0n) is 12.5. The fourth-order valence-corrected chi connectivity index (χ4v) is 2.98. The first-order chi connectivity index (χ1) is 11.7. The molecule has 0 saturated heterocycles. The molecule has 1 aromatic heterocycles. The lowest BCUT2D eigenvalue weighted by Gasteiger charge is -2.07. The van der Waals surface area contributed by atoms with Crippen LogP contribution in [0.3, 0.4) is 0 Å². The molecule has 3 aromatic carbocycles. The summed E-state index contributed by atoms with van der Waals surface area (Å²) in [7, 11) is 0. The van der Waals surface area contributed by atoms with E-state index in [1.807, 2.05) is 30.3 Å². The summed E-state index contributed by atoms with van der Waals surface area (Å²) >= 11 is 0. The second-order valence-electron chi connectivity index (χ2n) is 5.49. The Balaban J connectivity index is 2.13. The van der Waals surface area contributed by atoms with Crippen LogP contribution in [0.5, 0.6) is 0 Å². The average Bonchev–Trinajstić information content (AvgIpc) is 2.61. The van der Waals surface area contributed by atoms with Crippen molar-refractivity contribution in [3.05, 3.63) is 82.7 Å². The SMILES string of the molecule is O=C(O)c1ccccc1-c1coc2ccc3ccccc3c2c1=O. The number of carboxylic acid groups (broad SMARTS) is 1. The summed E-state index contributed by atoms with van der Waals surface area (Å²) in [5, 5.41) is 11.6. The minimum Gasteiger partial charge on any atom is -0.478 e. The Bertz CT molecular complexity index is 1160. The number of aromatic carboxylic acids is 1. The Morgan fingerprint density at radius 3 is 2.46 bits per heavy atom. The average molecular weight is 316 g/mol. The summed E-state index contributed by atoms with van der Waals surface area (Å²) in [5.41, 5.74) is 0.923. The van der Waals surface area contributed by atoms with Gasteiger partial charge in [0.25, 0.3) is 0 Å². The molecule has 0 atom stereocenters. The normalized spacial score (nSPS) is 11.0. The molecule has 4 heteroatoms. The van der Waals surface area contributed by atoms with Crippen LogP contribution in [-0.2, 0) is 0 Å². The van der Waals surface area contributed by atoms with E-state index in [2.05, 4.69) is 0 Å². The van der Waals surface area contributed by atoms with Crippen LogP contribution in [0.2, 0.25) is 0 Å². The molecular weight excluding hydrogens is 304 g/mol.